The van der Waals surface area contributed by atoms with Crippen molar-refractivity contribution in [2.24, 2.45) is 5.10 Å². The fourth-order valence-corrected chi connectivity index (χ4v) is 4.61. The highest BCUT2D eigenvalue weighted by molar-refractivity contribution is 6.02. The molecule has 0 saturated heterocycles. The summed E-state index contributed by atoms with van der Waals surface area (Å²) in [5, 5.41) is 6.24. The number of nitrogens with zero attached hydrogens (tertiary/aromatic N) is 2. The first-order chi connectivity index (χ1) is 17.1. The molecule has 0 spiro atoms. The van der Waals surface area contributed by atoms with Crippen molar-refractivity contribution in [3.63, 3.8) is 0 Å². The van der Waals surface area contributed by atoms with E-state index in [2.05, 4.69) is 12.0 Å². The molecule has 184 valence electrons. The number of fused-ring (bicyclic) bond motifs is 1. The first-order valence-electron chi connectivity index (χ1n) is 12.4. The maximum atomic E-state index is 13.1. The number of hydrazone groups is 1. The maximum Gasteiger partial charge on any atom is 0.360 e. The summed E-state index contributed by atoms with van der Waals surface area (Å²) in [5.41, 5.74) is 5.17. The number of benzene rings is 2. The molecule has 1 fully saturated rings. The topological polar surface area (TPSA) is 60.4 Å². The Morgan fingerprint density at radius 3 is 2.49 bits per heavy atom. The zero-order valence-electron chi connectivity index (χ0n) is 21.0. The monoisotopic (exact) mass is 474 g/mol. The minimum Gasteiger partial charge on any atom is -0.493 e. The van der Waals surface area contributed by atoms with Gasteiger partial charge in [-0.15, -0.1) is 0 Å². The van der Waals surface area contributed by atoms with Crippen molar-refractivity contribution in [1.29, 1.82) is 0 Å². The Kier molecular flexibility index (Phi) is 7.91. The number of esters is 1. The molecule has 0 radical (unpaired) electrons. The summed E-state index contributed by atoms with van der Waals surface area (Å²) in [6.07, 6.45) is 8.02. The second-order valence-electron chi connectivity index (χ2n) is 8.68. The molecule has 1 aliphatic carbocycles. The van der Waals surface area contributed by atoms with Gasteiger partial charge in [0.2, 0.25) is 0 Å². The van der Waals surface area contributed by atoms with Crippen LogP contribution < -0.4 is 4.74 Å². The lowest BCUT2D eigenvalue weighted by Crippen LogP contribution is -2.30. The predicted molar refractivity (Wildman–Crippen MR) is 139 cm³/mol. The lowest BCUT2D eigenvalue weighted by atomic mass is 9.75. The van der Waals surface area contributed by atoms with Crippen LogP contribution >= 0.6 is 0 Å². The van der Waals surface area contributed by atoms with Crippen molar-refractivity contribution in [2.75, 3.05) is 13.7 Å². The SMILES string of the molecule is C/C=N\N1C(C(=O)OC)=C(OCc2ccccc2)c2ccc(OCCC)c(C3CCC3)c2/C1=C\C. The smallest absolute Gasteiger partial charge is 0.360 e. The standard InChI is InChI=1S/C29H34N2O4/c1-5-18-34-24-17-16-22-26(25(24)21-14-11-15-21)23(6-2)31(30-7-3)27(29(32)33-4)28(22)35-19-20-12-9-8-10-13-20/h6-10,12-13,16-17,21H,5,11,14-15,18-19H2,1-4H3/b23-6+,30-7-. The van der Waals surface area contributed by atoms with Crippen molar-refractivity contribution in [2.45, 2.75) is 59.0 Å². The second kappa shape index (κ2) is 11.3. The highest BCUT2D eigenvalue weighted by Gasteiger charge is 2.39. The van der Waals surface area contributed by atoms with Crippen molar-refractivity contribution < 1.29 is 19.0 Å². The predicted octanol–water partition coefficient (Wildman–Crippen LogP) is 6.48. The van der Waals surface area contributed by atoms with Gasteiger partial charge in [0.25, 0.3) is 0 Å². The quantitative estimate of drug-likeness (QED) is 0.307. The summed E-state index contributed by atoms with van der Waals surface area (Å²) in [6, 6.07) is 13.9. The fourth-order valence-electron chi connectivity index (χ4n) is 4.61. The van der Waals surface area contributed by atoms with Gasteiger partial charge < -0.3 is 14.2 Å². The van der Waals surface area contributed by atoms with E-state index in [1.807, 2.05) is 62.4 Å². The van der Waals surface area contributed by atoms with E-state index >= 15 is 0 Å². The summed E-state index contributed by atoms with van der Waals surface area (Å²) < 4.78 is 17.8. The highest BCUT2D eigenvalue weighted by atomic mass is 16.5. The Morgan fingerprint density at radius 1 is 1.11 bits per heavy atom. The second-order valence-corrected chi connectivity index (χ2v) is 8.68. The molecular weight excluding hydrogens is 440 g/mol. The largest absolute Gasteiger partial charge is 0.493 e. The van der Waals surface area contributed by atoms with Crippen LogP contribution in [0.15, 0.2) is 59.3 Å². The van der Waals surface area contributed by atoms with Gasteiger partial charge in [-0.2, -0.15) is 5.10 Å². The molecule has 0 amide bonds. The molecule has 1 saturated carbocycles. The molecule has 0 unspecified atom stereocenters. The summed E-state index contributed by atoms with van der Waals surface area (Å²) in [6.45, 7) is 6.87. The van der Waals surface area contributed by atoms with Gasteiger partial charge in [0.15, 0.2) is 11.5 Å². The molecule has 4 rings (SSSR count). The molecule has 1 aliphatic heterocycles. The number of rotatable bonds is 9. The number of ether oxygens (including phenoxy) is 3. The molecule has 6 nitrogen and oxygen atoms in total. The van der Waals surface area contributed by atoms with Crippen LogP contribution in [0, 0.1) is 0 Å². The van der Waals surface area contributed by atoms with Crippen molar-refractivity contribution in [1.82, 2.24) is 5.01 Å². The molecule has 2 aliphatic rings. The number of carbonyl (C=O) groups excluding carboxylic acids is 1. The van der Waals surface area contributed by atoms with Gasteiger partial charge in [0.05, 0.1) is 19.4 Å². The normalized spacial score (nSPS) is 16.9. The summed E-state index contributed by atoms with van der Waals surface area (Å²) in [5.74, 6) is 1.27. The van der Waals surface area contributed by atoms with E-state index in [4.69, 9.17) is 14.2 Å². The number of hydrogen-bond donors (Lipinski definition) is 0. The molecule has 0 bridgehead atoms. The van der Waals surface area contributed by atoms with Gasteiger partial charge >= 0.3 is 5.97 Å². The Morgan fingerprint density at radius 2 is 1.89 bits per heavy atom. The first-order valence-corrected chi connectivity index (χ1v) is 12.4. The third-order valence-electron chi connectivity index (χ3n) is 6.45. The van der Waals surface area contributed by atoms with E-state index < -0.39 is 5.97 Å². The van der Waals surface area contributed by atoms with Gasteiger partial charge in [0.1, 0.15) is 12.4 Å². The van der Waals surface area contributed by atoms with Crippen molar-refractivity contribution >= 4 is 23.6 Å². The molecule has 0 atom stereocenters. The van der Waals surface area contributed by atoms with Gasteiger partial charge in [-0.05, 0) is 56.7 Å². The lowest BCUT2D eigenvalue weighted by Gasteiger charge is -2.37. The Bertz CT molecular complexity index is 1150. The highest BCUT2D eigenvalue weighted by Crippen LogP contribution is 2.50. The molecule has 0 aromatic heterocycles. The zero-order valence-corrected chi connectivity index (χ0v) is 21.0. The van der Waals surface area contributed by atoms with Crippen LogP contribution in [0.4, 0.5) is 0 Å². The minimum absolute atomic E-state index is 0.268. The maximum absolute atomic E-state index is 13.1. The van der Waals surface area contributed by atoms with Crippen LogP contribution in [0.1, 0.15) is 74.6 Å². The molecule has 1 heterocycles. The molecule has 2 aromatic carbocycles. The Balaban J connectivity index is 1.95. The molecule has 2 aromatic rings. The first kappa shape index (κ1) is 24.6. The number of allylic oxidation sites excluding steroid dienone is 1. The molecule has 6 heteroatoms. The zero-order chi connectivity index (χ0) is 24.8. The molecule has 35 heavy (non-hydrogen) atoms. The summed E-state index contributed by atoms with van der Waals surface area (Å²) >= 11 is 0. The van der Waals surface area contributed by atoms with Crippen molar-refractivity contribution in [3.8, 4) is 5.75 Å². The van der Waals surface area contributed by atoms with Gasteiger partial charge in [-0.25, -0.2) is 9.80 Å². The average Bonchev–Trinajstić information content (AvgIpc) is 2.85. The summed E-state index contributed by atoms with van der Waals surface area (Å²) in [7, 11) is 1.38. The third-order valence-corrected chi connectivity index (χ3v) is 6.45. The van der Waals surface area contributed by atoms with Crippen LogP contribution in [0.3, 0.4) is 0 Å². The van der Waals surface area contributed by atoms with E-state index in [1.165, 1.54) is 19.1 Å². The Labute approximate surface area is 207 Å². The fraction of sp³-hybridized carbons (Fsp3) is 0.379. The van der Waals surface area contributed by atoms with Crippen LogP contribution in [0.5, 0.6) is 5.75 Å². The van der Waals surface area contributed by atoms with Crippen LogP contribution in [0.25, 0.3) is 11.5 Å². The van der Waals surface area contributed by atoms with E-state index in [-0.39, 0.29) is 5.70 Å². The van der Waals surface area contributed by atoms with E-state index in [1.54, 1.807) is 11.2 Å². The van der Waals surface area contributed by atoms with Gasteiger partial charge in [-0.1, -0.05) is 49.8 Å². The van der Waals surface area contributed by atoms with Gasteiger partial charge in [-0.3, -0.25) is 0 Å². The summed E-state index contributed by atoms with van der Waals surface area (Å²) in [4.78, 5) is 13.1. The van der Waals surface area contributed by atoms with Crippen LogP contribution in [-0.4, -0.2) is 30.9 Å². The van der Waals surface area contributed by atoms with Gasteiger partial charge in [0, 0.05) is 22.9 Å². The molecular formula is C29H34N2O4. The Hall–Kier alpha value is -3.54. The minimum atomic E-state index is -0.500. The number of hydrogen-bond acceptors (Lipinski definition) is 6. The van der Waals surface area contributed by atoms with Crippen LogP contribution in [0.2, 0.25) is 0 Å². The van der Waals surface area contributed by atoms with E-state index in [9.17, 15) is 4.79 Å². The number of methoxy groups -OCH3 is 1. The number of carbonyl (C=O) groups is 1. The average molecular weight is 475 g/mol. The third kappa shape index (κ3) is 4.83. The van der Waals surface area contributed by atoms with E-state index in [0.717, 1.165) is 47.4 Å². The lowest BCUT2D eigenvalue weighted by molar-refractivity contribution is -0.137. The van der Waals surface area contributed by atoms with E-state index in [0.29, 0.717) is 24.9 Å². The molecule has 0 N–H and O–H groups in total. The van der Waals surface area contributed by atoms with Crippen LogP contribution in [-0.2, 0) is 20.9 Å². The van der Waals surface area contributed by atoms with Crippen molar-refractivity contribution in [3.05, 3.63) is 76.5 Å².